The lowest BCUT2D eigenvalue weighted by molar-refractivity contribution is 0.385. The summed E-state index contributed by atoms with van der Waals surface area (Å²) in [6, 6.07) is 5.58. The van der Waals surface area contributed by atoms with Crippen LogP contribution in [0.2, 0.25) is 0 Å². The van der Waals surface area contributed by atoms with Gasteiger partial charge in [-0.25, -0.2) is 4.39 Å². The third-order valence-corrected chi connectivity index (χ3v) is 3.31. The van der Waals surface area contributed by atoms with E-state index in [1.54, 1.807) is 6.07 Å². The molecule has 0 aliphatic rings. The highest BCUT2D eigenvalue weighted by atomic mass is 19.1. The Morgan fingerprint density at radius 3 is 2.59 bits per heavy atom. The first-order valence-corrected chi connectivity index (χ1v) is 6.53. The highest BCUT2D eigenvalue weighted by molar-refractivity contribution is 5.26. The second kappa shape index (κ2) is 6.75. The maximum atomic E-state index is 13.2. The van der Waals surface area contributed by atoms with Crippen LogP contribution in [0.1, 0.15) is 38.3 Å². The van der Waals surface area contributed by atoms with Crippen molar-refractivity contribution in [3.05, 3.63) is 35.1 Å². The molecule has 1 N–H and O–H groups in total. The molecule has 1 aromatic rings. The summed E-state index contributed by atoms with van der Waals surface area (Å²) in [7, 11) is 0. The summed E-state index contributed by atoms with van der Waals surface area (Å²) in [5.74, 6) is 0.485. The third kappa shape index (κ3) is 4.47. The van der Waals surface area contributed by atoms with Gasteiger partial charge in [-0.1, -0.05) is 26.8 Å². The number of halogens is 1. The Labute approximate surface area is 104 Å². The number of aryl methyl sites for hydroxylation is 2. The lowest BCUT2D eigenvalue weighted by Gasteiger charge is -2.22. The molecule has 96 valence electrons. The van der Waals surface area contributed by atoms with Crippen LogP contribution in [0, 0.1) is 18.7 Å². The van der Waals surface area contributed by atoms with Gasteiger partial charge in [0.15, 0.2) is 0 Å². The molecule has 0 bridgehead atoms. The Morgan fingerprint density at radius 1 is 1.29 bits per heavy atom. The smallest absolute Gasteiger partial charge is 0.123 e. The number of hydrogen-bond acceptors (Lipinski definition) is 1. The van der Waals surface area contributed by atoms with Gasteiger partial charge in [0.05, 0.1) is 0 Å². The van der Waals surface area contributed by atoms with E-state index >= 15 is 0 Å². The zero-order valence-corrected chi connectivity index (χ0v) is 11.4. The van der Waals surface area contributed by atoms with Crippen molar-refractivity contribution in [2.45, 2.75) is 46.6 Å². The fourth-order valence-electron chi connectivity index (χ4n) is 2.15. The minimum atomic E-state index is -0.129. The number of nitrogens with one attached hydrogen (secondary N) is 1. The average molecular weight is 237 g/mol. The van der Waals surface area contributed by atoms with Crippen LogP contribution < -0.4 is 5.32 Å². The fourth-order valence-corrected chi connectivity index (χ4v) is 2.15. The molecule has 1 nitrogen and oxygen atoms in total. The van der Waals surface area contributed by atoms with Crippen molar-refractivity contribution in [1.82, 2.24) is 5.32 Å². The Balaban J connectivity index is 2.61. The van der Waals surface area contributed by atoms with Gasteiger partial charge in [0.1, 0.15) is 5.82 Å². The summed E-state index contributed by atoms with van der Waals surface area (Å²) in [4.78, 5) is 0. The van der Waals surface area contributed by atoms with E-state index in [0.717, 1.165) is 24.9 Å². The van der Waals surface area contributed by atoms with Gasteiger partial charge in [-0.05, 0) is 55.5 Å². The molecule has 0 aliphatic heterocycles. The SMILES string of the molecule is CCNC(CCc1cc(F)ccc1C)C(C)C. The zero-order valence-electron chi connectivity index (χ0n) is 11.4. The first kappa shape index (κ1) is 14.2. The molecule has 0 spiro atoms. The first-order chi connectivity index (χ1) is 8.04. The molecule has 1 atom stereocenters. The van der Waals surface area contributed by atoms with Crippen molar-refractivity contribution < 1.29 is 4.39 Å². The minimum Gasteiger partial charge on any atom is -0.314 e. The molecule has 1 aromatic carbocycles. The molecule has 0 saturated carbocycles. The van der Waals surface area contributed by atoms with Crippen LogP contribution in [0.3, 0.4) is 0 Å². The molecule has 0 heterocycles. The first-order valence-electron chi connectivity index (χ1n) is 6.53. The van der Waals surface area contributed by atoms with Gasteiger partial charge < -0.3 is 5.32 Å². The highest BCUT2D eigenvalue weighted by Crippen LogP contribution is 2.15. The largest absolute Gasteiger partial charge is 0.314 e. The molecule has 0 radical (unpaired) electrons. The van der Waals surface area contributed by atoms with Crippen LogP contribution in [0.4, 0.5) is 4.39 Å². The van der Waals surface area contributed by atoms with Crippen molar-refractivity contribution >= 4 is 0 Å². The minimum absolute atomic E-state index is 0.129. The molecule has 1 rings (SSSR count). The van der Waals surface area contributed by atoms with E-state index in [0.29, 0.717) is 12.0 Å². The van der Waals surface area contributed by atoms with E-state index in [9.17, 15) is 4.39 Å². The van der Waals surface area contributed by atoms with Crippen LogP contribution >= 0.6 is 0 Å². The van der Waals surface area contributed by atoms with Crippen molar-refractivity contribution in [1.29, 1.82) is 0 Å². The summed E-state index contributed by atoms with van der Waals surface area (Å²) in [5.41, 5.74) is 2.32. The molecule has 0 aromatic heterocycles. The fraction of sp³-hybridized carbons (Fsp3) is 0.600. The maximum Gasteiger partial charge on any atom is 0.123 e. The average Bonchev–Trinajstić information content (AvgIpc) is 2.28. The lowest BCUT2D eigenvalue weighted by atomic mass is 9.95. The Morgan fingerprint density at radius 2 is 2.00 bits per heavy atom. The Bertz CT molecular complexity index is 347. The molecule has 1 unspecified atom stereocenters. The summed E-state index contributed by atoms with van der Waals surface area (Å²) >= 11 is 0. The van der Waals surface area contributed by atoms with Crippen LogP contribution in [-0.4, -0.2) is 12.6 Å². The van der Waals surface area contributed by atoms with Crippen LogP contribution in [-0.2, 0) is 6.42 Å². The molecular weight excluding hydrogens is 213 g/mol. The molecule has 0 saturated heterocycles. The van der Waals surface area contributed by atoms with Crippen LogP contribution in [0.15, 0.2) is 18.2 Å². The van der Waals surface area contributed by atoms with Gasteiger partial charge in [-0.15, -0.1) is 0 Å². The maximum absolute atomic E-state index is 13.2. The number of hydrogen-bond donors (Lipinski definition) is 1. The van der Waals surface area contributed by atoms with E-state index in [4.69, 9.17) is 0 Å². The van der Waals surface area contributed by atoms with Gasteiger partial charge in [0.2, 0.25) is 0 Å². The predicted molar refractivity (Wildman–Crippen MR) is 71.8 cm³/mol. The molecule has 0 amide bonds. The second-order valence-electron chi connectivity index (χ2n) is 5.02. The van der Waals surface area contributed by atoms with Crippen LogP contribution in [0.5, 0.6) is 0 Å². The topological polar surface area (TPSA) is 12.0 Å². The van der Waals surface area contributed by atoms with E-state index in [-0.39, 0.29) is 5.82 Å². The molecule has 0 aliphatic carbocycles. The molecule has 0 fully saturated rings. The van der Waals surface area contributed by atoms with Crippen molar-refractivity contribution in [3.8, 4) is 0 Å². The molecule has 2 heteroatoms. The standard InChI is InChI=1S/C15H24FN/c1-5-17-15(11(2)3)9-7-13-10-14(16)8-6-12(13)4/h6,8,10-11,15,17H,5,7,9H2,1-4H3. The summed E-state index contributed by atoms with van der Waals surface area (Å²) in [6.07, 6.45) is 2.01. The van der Waals surface area contributed by atoms with E-state index < -0.39 is 0 Å². The summed E-state index contributed by atoms with van der Waals surface area (Å²) in [5, 5.41) is 3.49. The number of benzene rings is 1. The molecule has 17 heavy (non-hydrogen) atoms. The number of rotatable bonds is 6. The Hall–Kier alpha value is -0.890. The third-order valence-electron chi connectivity index (χ3n) is 3.31. The normalized spacial score (nSPS) is 13.1. The van der Waals surface area contributed by atoms with Gasteiger partial charge in [-0.2, -0.15) is 0 Å². The van der Waals surface area contributed by atoms with E-state index in [1.807, 2.05) is 13.0 Å². The predicted octanol–water partition coefficient (Wildman–Crippen LogP) is 3.70. The van der Waals surface area contributed by atoms with Crippen molar-refractivity contribution in [3.63, 3.8) is 0 Å². The van der Waals surface area contributed by atoms with E-state index in [2.05, 4.69) is 26.1 Å². The summed E-state index contributed by atoms with van der Waals surface area (Å²) < 4.78 is 13.2. The summed E-state index contributed by atoms with van der Waals surface area (Å²) in [6.45, 7) is 9.62. The van der Waals surface area contributed by atoms with Gasteiger partial charge >= 0.3 is 0 Å². The van der Waals surface area contributed by atoms with Crippen LogP contribution in [0.25, 0.3) is 0 Å². The van der Waals surface area contributed by atoms with Crippen molar-refractivity contribution in [2.75, 3.05) is 6.54 Å². The highest BCUT2D eigenvalue weighted by Gasteiger charge is 2.12. The molecular formula is C15H24FN. The zero-order chi connectivity index (χ0) is 12.8. The van der Waals surface area contributed by atoms with Crippen molar-refractivity contribution in [2.24, 2.45) is 5.92 Å². The van der Waals surface area contributed by atoms with Gasteiger partial charge in [0.25, 0.3) is 0 Å². The van der Waals surface area contributed by atoms with Gasteiger partial charge in [0, 0.05) is 6.04 Å². The lowest BCUT2D eigenvalue weighted by Crippen LogP contribution is -2.34. The monoisotopic (exact) mass is 237 g/mol. The van der Waals surface area contributed by atoms with E-state index in [1.165, 1.54) is 11.6 Å². The second-order valence-corrected chi connectivity index (χ2v) is 5.02. The Kier molecular flexibility index (Phi) is 5.63. The quantitative estimate of drug-likeness (QED) is 0.795. The van der Waals surface area contributed by atoms with Gasteiger partial charge in [-0.3, -0.25) is 0 Å².